The number of hydrogen-bond donors (Lipinski definition) is 0. The Morgan fingerprint density at radius 1 is 1.22 bits per heavy atom. The highest BCUT2D eigenvalue weighted by Crippen LogP contribution is 2.50. The van der Waals surface area contributed by atoms with Crippen molar-refractivity contribution in [3.8, 4) is 0 Å². The van der Waals surface area contributed by atoms with E-state index in [9.17, 15) is 9.36 Å². The second-order valence-electron chi connectivity index (χ2n) is 3.16. The van der Waals surface area contributed by atoms with E-state index in [0.717, 1.165) is 0 Å². The van der Waals surface area contributed by atoms with Crippen LogP contribution in [0.15, 0.2) is 12.2 Å². The second-order valence-corrected chi connectivity index (χ2v) is 4.78. The first kappa shape index (κ1) is 17.3. The van der Waals surface area contributed by atoms with E-state index in [-0.39, 0.29) is 13.2 Å². The summed E-state index contributed by atoms with van der Waals surface area (Å²) < 4.78 is 32.0. The summed E-state index contributed by atoms with van der Waals surface area (Å²) in [6.07, 6.45) is 2.17. The Morgan fingerprint density at radius 2 is 1.78 bits per heavy atom. The number of carbonyl (C=O) groups excluding carboxylic acids is 1. The number of carbonyl (C=O) groups is 1. The molecule has 106 valence electrons. The predicted molar refractivity (Wildman–Crippen MR) is 66.9 cm³/mol. The predicted octanol–water partition coefficient (Wildman–Crippen LogP) is 3.04. The van der Waals surface area contributed by atoms with Crippen LogP contribution in [0.4, 0.5) is 0 Å². The highest BCUT2D eigenvalue weighted by atomic mass is 31.2. The number of phosphoric acid groups is 1. The molecule has 0 aromatic carbocycles. The summed E-state index contributed by atoms with van der Waals surface area (Å²) in [6, 6.07) is 0. The summed E-state index contributed by atoms with van der Waals surface area (Å²) in [5.74, 6) is -0.566. The molecule has 1 atom stereocenters. The zero-order valence-corrected chi connectivity index (χ0v) is 12.1. The Hall–Kier alpha value is -0.680. The summed E-state index contributed by atoms with van der Waals surface area (Å²) in [5, 5.41) is 0. The summed E-state index contributed by atoms with van der Waals surface area (Å²) in [7, 11) is -3.67. The number of hydrogen-bond acceptors (Lipinski definition) is 6. The Bertz CT molecular complexity index is 305. The van der Waals surface area contributed by atoms with E-state index in [2.05, 4.69) is 0 Å². The molecule has 0 saturated carbocycles. The fraction of sp³-hybridized carbons (Fsp3) is 0.727. The summed E-state index contributed by atoms with van der Waals surface area (Å²) in [6.45, 7) is 7.11. The van der Waals surface area contributed by atoms with Crippen LogP contribution < -0.4 is 0 Å². The van der Waals surface area contributed by atoms with Crippen molar-refractivity contribution in [2.75, 3.05) is 13.2 Å². The van der Waals surface area contributed by atoms with Crippen LogP contribution in [-0.2, 0) is 27.7 Å². The van der Waals surface area contributed by atoms with E-state index in [1.54, 1.807) is 33.8 Å². The van der Waals surface area contributed by atoms with Crippen molar-refractivity contribution in [2.45, 2.75) is 40.4 Å². The van der Waals surface area contributed by atoms with Gasteiger partial charge in [-0.1, -0.05) is 13.0 Å². The van der Waals surface area contributed by atoms with Crippen molar-refractivity contribution in [3.63, 3.8) is 0 Å². The van der Waals surface area contributed by atoms with Crippen LogP contribution in [0.25, 0.3) is 0 Å². The molecule has 0 amide bonds. The lowest BCUT2D eigenvalue weighted by Crippen LogP contribution is -2.19. The van der Waals surface area contributed by atoms with E-state index in [1.165, 1.54) is 6.08 Å². The van der Waals surface area contributed by atoms with Crippen LogP contribution in [0.1, 0.15) is 34.1 Å². The average molecular weight is 280 g/mol. The lowest BCUT2D eigenvalue weighted by Gasteiger charge is -2.21. The molecule has 18 heavy (non-hydrogen) atoms. The molecule has 0 aliphatic heterocycles. The molecule has 0 aromatic heterocycles. The van der Waals surface area contributed by atoms with Crippen LogP contribution in [-0.4, -0.2) is 25.5 Å². The van der Waals surface area contributed by atoms with E-state index >= 15 is 0 Å². The van der Waals surface area contributed by atoms with Crippen molar-refractivity contribution < 1.29 is 27.7 Å². The standard InChI is InChI=1S/C11H21O6P/c1-5-9-10(12)16-11(6-2)17-18(13,14-7-3)15-8-4/h5,9,11H,6-8H2,1-4H3/b9-5+. The van der Waals surface area contributed by atoms with Gasteiger partial charge in [0.05, 0.1) is 13.2 Å². The molecular weight excluding hydrogens is 259 g/mol. The van der Waals surface area contributed by atoms with Gasteiger partial charge in [0.25, 0.3) is 0 Å². The molecule has 0 spiro atoms. The molecule has 6 nitrogen and oxygen atoms in total. The third kappa shape index (κ3) is 6.91. The maximum atomic E-state index is 12.0. The van der Waals surface area contributed by atoms with Gasteiger partial charge in [0.15, 0.2) is 0 Å². The van der Waals surface area contributed by atoms with Crippen molar-refractivity contribution in [2.24, 2.45) is 0 Å². The highest BCUT2D eigenvalue weighted by molar-refractivity contribution is 7.48. The zero-order valence-electron chi connectivity index (χ0n) is 11.3. The van der Waals surface area contributed by atoms with Crippen LogP contribution in [0.5, 0.6) is 0 Å². The third-order valence-corrected chi connectivity index (χ3v) is 3.35. The van der Waals surface area contributed by atoms with Crippen molar-refractivity contribution in [1.82, 2.24) is 0 Å². The summed E-state index contributed by atoms with van der Waals surface area (Å²) in [5.41, 5.74) is 0. The fourth-order valence-corrected chi connectivity index (χ4v) is 2.35. The molecule has 0 saturated heterocycles. The van der Waals surface area contributed by atoms with Gasteiger partial charge in [0.1, 0.15) is 0 Å². The van der Waals surface area contributed by atoms with Gasteiger partial charge in [-0.3, -0.25) is 9.05 Å². The summed E-state index contributed by atoms with van der Waals surface area (Å²) >= 11 is 0. The molecule has 0 rings (SSSR count). The first-order valence-electron chi connectivity index (χ1n) is 5.92. The number of allylic oxidation sites excluding steroid dienone is 1. The monoisotopic (exact) mass is 280 g/mol. The first-order chi connectivity index (χ1) is 8.51. The van der Waals surface area contributed by atoms with Crippen molar-refractivity contribution >= 4 is 13.8 Å². The van der Waals surface area contributed by atoms with Crippen LogP contribution in [0.2, 0.25) is 0 Å². The number of phosphoric ester groups is 1. The van der Waals surface area contributed by atoms with E-state index in [1.807, 2.05) is 0 Å². The van der Waals surface area contributed by atoms with Crippen molar-refractivity contribution in [1.29, 1.82) is 0 Å². The van der Waals surface area contributed by atoms with Gasteiger partial charge in [0, 0.05) is 12.5 Å². The van der Waals surface area contributed by atoms with Gasteiger partial charge in [-0.15, -0.1) is 0 Å². The molecule has 0 N–H and O–H groups in total. The maximum Gasteiger partial charge on any atom is 0.477 e. The SMILES string of the molecule is C/C=C/C(=O)OC(CC)OP(=O)(OCC)OCC. The number of ether oxygens (including phenoxy) is 1. The fourth-order valence-electron chi connectivity index (χ4n) is 1.04. The Balaban J connectivity index is 4.56. The molecular formula is C11H21O6P. The largest absolute Gasteiger partial charge is 0.477 e. The molecule has 0 bridgehead atoms. The third-order valence-electron chi connectivity index (χ3n) is 1.70. The zero-order chi connectivity index (χ0) is 14.0. The second kappa shape index (κ2) is 9.28. The van der Waals surface area contributed by atoms with Gasteiger partial charge in [0.2, 0.25) is 6.29 Å². The number of rotatable bonds is 9. The van der Waals surface area contributed by atoms with Gasteiger partial charge in [-0.05, 0) is 20.8 Å². The minimum absolute atomic E-state index is 0.177. The Kier molecular flexibility index (Phi) is 8.93. The molecule has 1 unspecified atom stereocenters. The minimum Gasteiger partial charge on any atom is -0.432 e. The highest BCUT2D eigenvalue weighted by Gasteiger charge is 2.30. The Labute approximate surface area is 108 Å². The van der Waals surface area contributed by atoms with Crippen molar-refractivity contribution in [3.05, 3.63) is 12.2 Å². The molecule has 0 aromatic rings. The molecule has 0 heterocycles. The molecule has 0 aliphatic carbocycles. The molecule has 0 aliphatic rings. The lowest BCUT2D eigenvalue weighted by atomic mass is 10.5. The van der Waals surface area contributed by atoms with Crippen LogP contribution in [0, 0.1) is 0 Å². The van der Waals surface area contributed by atoms with Crippen LogP contribution >= 0.6 is 7.82 Å². The van der Waals surface area contributed by atoms with E-state index in [0.29, 0.717) is 6.42 Å². The Morgan fingerprint density at radius 3 is 2.17 bits per heavy atom. The molecule has 0 fully saturated rings. The topological polar surface area (TPSA) is 71.1 Å². The lowest BCUT2D eigenvalue weighted by molar-refractivity contribution is -0.160. The van der Waals surface area contributed by atoms with E-state index < -0.39 is 20.1 Å². The average Bonchev–Trinajstić information content (AvgIpc) is 2.28. The maximum absolute atomic E-state index is 12.0. The molecule has 0 radical (unpaired) electrons. The smallest absolute Gasteiger partial charge is 0.432 e. The molecule has 7 heteroatoms. The quantitative estimate of drug-likeness (QED) is 0.280. The normalized spacial score (nSPS) is 13.8. The minimum atomic E-state index is -3.67. The first-order valence-corrected chi connectivity index (χ1v) is 7.38. The summed E-state index contributed by atoms with van der Waals surface area (Å²) in [4.78, 5) is 11.3. The number of esters is 1. The van der Waals surface area contributed by atoms with Gasteiger partial charge in [-0.25, -0.2) is 13.9 Å². The van der Waals surface area contributed by atoms with Gasteiger partial charge < -0.3 is 4.74 Å². The van der Waals surface area contributed by atoms with Gasteiger partial charge in [-0.2, -0.15) is 0 Å². The van der Waals surface area contributed by atoms with Crippen LogP contribution in [0.3, 0.4) is 0 Å². The van der Waals surface area contributed by atoms with E-state index in [4.69, 9.17) is 18.3 Å². The van der Waals surface area contributed by atoms with Gasteiger partial charge >= 0.3 is 13.8 Å².